The first kappa shape index (κ1) is 12.8. The average Bonchev–Trinajstić information content (AvgIpc) is 2.11. The molecule has 1 atom stereocenters. The minimum absolute atomic E-state index is 0.0822. The highest BCUT2D eigenvalue weighted by Gasteiger charge is 2.03. The third kappa shape index (κ3) is 7.50. The van der Waals surface area contributed by atoms with Crippen molar-refractivity contribution in [1.82, 2.24) is 0 Å². The molecule has 0 rings (SSSR count). The summed E-state index contributed by atoms with van der Waals surface area (Å²) in [6, 6.07) is 0. The first-order valence-electron chi connectivity index (χ1n) is 4.77. The molecule has 2 heteroatoms. The Morgan fingerprint density at radius 1 is 1.50 bits per heavy atom. The van der Waals surface area contributed by atoms with Gasteiger partial charge in [0.05, 0.1) is 6.10 Å². The van der Waals surface area contributed by atoms with Crippen LogP contribution in [0.1, 0.15) is 26.7 Å². The molecule has 2 nitrogen and oxygen atoms in total. The lowest BCUT2D eigenvalue weighted by Gasteiger charge is -2.00. The molecule has 0 fully saturated rings. The fraction of sp³-hybridized carbons (Fsp3) is 0.417. The molecule has 78 valence electrons. The van der Waals surface area contributed by atoms with Gasteiger partial charge in [-0.15, -0.1) is 0 Å². The molecule has 14 heavy (non-hydrogen) atoms. The number of carbonyl (C=O) groups excluding carboxylic acids is 1. The summed E-state index contributed by atoms with van der Waals surface area (Å²) < 4.78 is 0. The van der Waals surface area contributed by atoms with Crippen LogP contribution >= 0.6 is 0 Å². The first-order chi connectivity index (χ1) is 6.56. The third-order valence-corrected chi connectivity index (χ3v) is 1.56. The van der Waals surface area contributed by atoms with Crippen molar-refractivity contribution in [1.29, 1.82) is 0 Å². The van der Waals surface area contributed by atoms with Crippen molar-refractivity contribution < 1.29 is 9.90 Å². The Labute approximate surface area is 85.6 Å². The molecule has 0 spiro atoms. The van der Waals surface area contributed by atoms with Crippen molar-refractivity contribution >= 4 is 5.78 Å². The number of ketones is 1. The number of aliphatic hydroxyl groups is 1. The SMILES string of the molecule is C=C(C)/C=C/C(=O)CC(O)/C=C/CC. The number of hydrogen-bond donors (Lipinski definition) is 1. The van der Waals surface area contributed by atoms with Crippen molar-refractivity contribution in [2.45, 2.75) is 32.8 Å². The highest BCUT2D eigenvalue weighted by atomic mass is 16.3. The summed E-state index contributed by atoms with van der Waals surface area (Å²) in [5.41, 5.74) is 0.831. The van der Waals surface area contributed by atoms with Crippen LogP contribution in [0.15, 0.2) is 36.5 Å². The molecular weight excluding hydrogens is 176 g/mol. The van der Waals surface area contributed by atoms with Crippen LogP contribution < -0.4 is 0 Å². The van der Waals surface area contributed by atoms with Crippen LogP contribution in [0.2, 0.25) is 0 Å². The van der Waals surface area contributed by atoms with Gasteiger partial charge in [0.25, 0.3) is 0 Å². The largest absolute Gasteiger partial charge is 0.389 e. The fourth-order valence-electron chi connectivity index (χ4n) is 0.871. The van der Waals surface area contributed by atoms with E-state index < -0.39 is 6.10 Å². The summed E-state index contributed by atoms with van der Waals surface area (Å²) in [7, 11) is 0. The van der Waals surface area contributed by atoms with Gasteiger partial charge >= 0.3 is 0 Å². The fourth-order valence-corrected chi connectivity index (χ4v) is 0.871. The van der Waals surface area contributed by atoms with Crippen molar-refractivity contribution in [3.8, 4) is 0 Å². The Morgan fingerprint density at radius 3 is 2.64 bits per heavy atom. The van der Waals surface area contributed by atoms with E-state index >= 15 is 0 Å². The maximum atomic E-state index is 11.2. The lowest BCUT2D eigenvalue weighted by Crippen LogP contribution is -2.08. The van der Waals surface area contributed by atoms with Gasteiger partial charge in [0, 0.05) is 6.42 Å². The molecular formula is C12H18O2. The molecule has 0 radical (unpaired) electrons. The van der Waals surface area contributed by atoms with Gasteiger partial charge < -0.3 is 5.11 Å². The highest BCUT2D eigenvalue weighted by Crippen LogP contribution is 1.99. The molecule has 0 aromatic rings. The van der Waals surface area contributed by atoms with Gasteiger partial charge in [0.15, 0.2) is 5.78 Å². The second-order valence-corrected chi connectivity index (χ2v) is 3.25. The van der Waals surface area contributed by atoms with E-state index in [1.54, 1.807) is 12.2 Å². The number of carbonyl (C=O) groups is 1. The van der Waals surface area contributed by atoms with E-state index in [0.29, 0.717) is 0 Å². The summed E-state index contributed by atoms with van der Waals surface area (Å²) in [5, 5.41) is 9.35. The van der Waals surface area contributed by atoms with Crippen LogP contribution in [0.25, 0.3) is 0 Å². The zero-order chi connectivity index (χ0) is 11.0. The number of hydrogen-bond acceptors (Lipinski definition) is 2. The first-order valence-corrected chi connectivity index (χ1v) is 4.77. The van der Waals surface area contributed by atoms with Crippen LogP contribution in [0.3, 0.4) is 0 Å². The van der Waals surface area contributed by atoms with Gasteiger partial charge in [-0.05, 0) is 19.4 Å². The molecule has 0 saturated heterocycles. The molecule has 0 aliphatic heterocycles. The molecule has 0 saturated carbocycles. The zero-order valence-corrected chi connectivity index (χ0v) is 8.86. The van der Waals surface area contributed by atoms with Gasteiger partial charge in [-0.1, -0.05) is 37.3 Å². The molecule has 0 heterocycles. The lowest BCUT2D eigenvalue weighted by atomic mass is 10.1. The Kier molecular flexibility index (Phi) is 6.68. The van der Waals surface area contributed by atoms with Crippen LogP contribution in [0.4, 0.5) is 0 Å². The zero-order valence-electron chi connectivity index (χ0n) is 8.86. The van der Waals surface area contributed by atoms with Gasteiger partial charge in [-0.3, -0.25) is 4.79 Å². The highest BCUT2D eigenvalue weighted by molar-refractivity contribution is 5.90. The van der Waals surface area contributed by atoms with Crippen LogP contribution in [0, 0.1) is 0 Å². The van der Waals surface area contributed by atoms with Gasteiger partial charge in [0.1, 0.15) is 0 Å². The minimum atomic E-state index is -0.669. The summed E-state index contributed by atoms with van der Waals surface area (Å²) in [6.45, 7) is 7.44. The second kappa shape index (κ2) is 7.27. The Bertz CT molecular complexity index is 249. The van der Waals surface area contributed by atoms with Gasteiger partial charge in [-0.2, -0.15) is 0 Å². The predicted octanol–water partition coefficient (Wildman–Crippen LogP) is 2.41. The van der Waals surface area contributed by atoms with Gasteiger partial charge in [0.2, 0.25) is 0 Å². The predicted molar refractivity (Wildman–Crippen MR) is 59.0 cm³/mol. The third-order valence-electron chi connectivity index (χ3n) is 1.56. The standard InChI is InChI=1S/C12H18O2/c1-4-5-6-11(13)9-12(14)8-7-10(2)3/h5-8,11,13H,2,4,9H2,1,3H3/b6-5+,8-7+. The molecule has 1 unspecified atom stereocenters. The lowest BCUT2D eigenvalue weighted by molar-refractivity contribution is -0.115. The Morgan fingerprint density at radius 2 is 2.14 bits per heavy atom. The molecule has 0 aliphatic rings. The summed E-state index contributed by atoms with van der Waals surface area (Å²) in [6.07, 6.45) is 6.93. The minimum Gasteiger partial charge on any atom is -0.389 e. The van der Waals surface area contributed by atoms with E-state index in [1.807, 2.05) is 19.9 Å². The molecule has 0 aromatic carbocycles. The van der Waals surface area contributed by atoms with Crippen LogP contribution in [-0.4, -0.2) is 17.0 Å². The van der Waals surface area contributed by atoms with E-state index in [1.165, 1.54) is 6.08 Å². The molecule has 0 aromatic heterocycles. The number of rotatable bonds is 6. The molecule has 0 amide bonds. The maximum Gasteiger partial charge on any atom is 0.158 e. The van der Waals surface area contributed by atoms with E-state index in [0.717, 1.165) is 12.0 Å². The van der Waals surface area contributed by atoms with E-state index in [9.17, 15) is 9.90 Å². The van der Waals surface area contributed by atoms with E-state index in [2.05, 4.69) is 6.58 Å². The monoisotopic (exact) mass is 194 g/mol. The van der Waals surface area contributed by atoms with Crippen molar-refractivity contribution in [2.24, 2.45) is 0 Å². The van der Waals surface area contributed by atoms with Gasteiger partial charge in [-0.25, -0.2) is 0 Å². The molecule has 0 bridgehead atoms. The van der Waals surface area contributed by atoms with Crippen molar-refractivity contribution in [3.05, 3.63) is 36.5 Å². The maximum absolute atomic E-state index is 11.2. The number of allylic oxidation sites excluding steroid dienone is 4. The Balaban J connectivity index is 3.94. The quantitative estimate of drug-likeness (QED) is 0.400. The second-order valence-electron chi connectivity index (χ2n) is 3.25. The number of aliphatic hydroxyl groups excluding tert-OH is 1. The summed E-state index contributed by atoms with van der Waals surface area (Å²) in [4.78, 5) is 11.2. The van der Waals surface area contributed by atoms with Crippen molar-refractivity contribution in [2.75, 3.05) is 0 Å². The van der Waals surface area contributed by atoms with E-state index in [-0.39, 0.29) is 12.2 Å². The van der Waals surface area contributed by atoms with Crippen LogP contribution in [-0.2, 0) is 4.79 Å². The smallest absolute Gasteiger partial charge is 0.158 e. The van der Waals surface area contributed by atoms with Crippen molar-refractivity contribution in [3.63, 3.8) is 0 Å². The summed E-state index contributed by atoms with van der Waals surface area (Å²) in [5.74, 6) is -0.0822. The Hall–Kier alpha value is -1.15. The average molecular weight is 194 g/mol. The molecule has 0 aliphatic carbocycles. The summed E-state index contributed by atoms with van der Waals surface area (Å²) >= 11 is 0. The van der Waals surface area contributed by atoms with Crippen LogP contribution in [0.5, 0.6) is 0 Å². The normalized spacial score (nSPS) is 13.6. The molecule has 1 N–H and O–H groups in total. The topological polar surface area (TPSA) is 37.3 Å². The van der Waals surface area contributed by atoms with E-state index in [4.69, 9.17) is 0 Å².